The van der Waals surface area contributed by atoms with Crippen LogP contribution in [0.1, 0.15) is 31.9 Å². The average molecular weight is 272 g/mol. The average Bonchev–Trinajstić information content (AvgIpc) is 2.61. The number of nitrogens with zero attached hydrogens (tertiary/aromatic N) is 3. The van der Waals surface area contributed by atoms with Gasteiger partial charge in [0.1, 0.15) is 0 Å². The van der Waals surface area contributed by atoms with E-state index in [0.29, 0.717) is 0 Å². The molecular formula is C11H18BrN3. The molecule has 0 bridgehead atoms. The van der Waals surface area contributed by atoms with Gasteiger partial charge in [-0.2, -0.15) is 0 Å². The van der Waals surface area contributed by atoms with Crippen molar-refractivity contribution in [1.29, 1.82) is 0 Å². The summed E-state index contributed by atoms with van der Waals surface area (Å²) in [5.41, 5.74) is 1.33. The molecule has 0 aromatic carbocycles. The lowest BCUT2D eigenvalue weighted by Gasteiger charge is -2.26. The Morgan fingerprint density at radius 3 is 2.73 bits per heavy atom. The van der Waals surface area contributed by atoms with Gasteiger partial charge in [-0.25, -0.2) is 4.98 Å². The molecule has 1 aliphatic rings. The maximum atomic E-state index is 4.31. The molecule has 1 aromatic rings. The molecule has 1 aromatic heterocycles. The molecular weight excluding hydrogens is 254 g/mol. The second kappa shape index (κ2) is 5.12. The van der Waals surface area contributed by atoms with Crippen molar-refractivity contribution in [2.45, 2.75) is 39.3 Å². The van der Waals surface area contributed by atoms with Crippen molar-refractivity contribution in [3.63, 3.8) is 0 Å². The van der Waals surface area contributed by atoms with Crippen molar-refractivity contribution in [2.24, 2.45) is 0 Å². The number of aromatic nitrogens is 2. The molecule has 0 unspecified atom stereocenters. The van der Waals surface area contributed by atoms with E-state index in [4.69, 9.17) is 0 Å². The van der Waals surface area contributed by atoms with Crippen LogP contribution in [0.15, 0.2) is 10.9 Å². The Balaban J connectivity index is 2.02. The van der Waals surface area contributed by atoms with Crippen LogP contribution in [-0.2, 0) is 13.1 Å². The van der Waals surface area contributed by atoms with Crippen LogP contribution < -0.4 is 0 Å². The lowest BCUT2D eigenvalue weighted by molar-refractivity contribution is 0.216. The molecule has 1 fully saturated rings. The van der Waals surface area contributed by atoms with E-state index in [-0.39, 0.29) is 0 Å². The third-order valence-corrected chi connectivity index (χ3v) is 3.67. The van der Waals surface area contributed by atoms with Gasteiger partial charge in [-0.15, -0.1) is 0 Å². The summed E-state index contributed by atoms with van der Waals surface area (Å²) in [4.78, 5) is 6.83. The topological polar surface area (TPSA) is 21.1 Å². The third kappa shape index (κ3) is 2.61. The van der Waals surface area contributed by atoms with Gasteiger partial charge < -0.3 is 4.57 Å². The van der Waals surface area contributed by atoms with E-state index in [1.807, 2.05) is 6.20 Å². The molecule has 15 heavy (non-hydrogen) atoms. The first kappa shape index (κ1) is 11.1. The number of hydrogen-bond donors (Lipinski definition) is 0. The summed E-state index contributed by atoms with van der Waals surface area (Å²) >= 11 is 3.48. The van der Waals surface area contributed by atoms with Gasteiger partial charge in [0.05, 0.1) is 11.9 Å². The zero-order chi connectivity index (χ0) is 10.7. The van der Waals surface area contributed by atoms with Crippen LogP contribution in [0.3, 0.4) is 0 Å². The molecule has 3 nitrogen and oxygen atoms in total. The maximum absolute atomic E-state index is 4.31. The van der Waals surface area contributed by atoms with Crippen LogP contribution in [0.2, 0.25) is 0 Å². The first-order chi connectivity index (χ1) is 7.31. The predicted molar refractivity (Wildman–Crippen MR) is 64.7 cm³/mol. The van der Waals surface area contributed by atoms with E-state index in [1.165, 1.54) is 38.0 Å². The highest BCUT2D eigenvalue weighted by molar-refractivity contribution is 9.10. The third-order valence-electron chi connectivity index (χ3n) is 3.04. The second-order valence-electron chi connectivity index (χ2n) is 4.10. The summed E-state index contributed by atoms with van der Waals surface area (Å²) < 4.78 is 3.19. The van der Waals surface area contributed by atoms with Crippen molar-refractivity contribution in [3.8, 4) is 0 Å². The number of likely N-dealkylation sites (tertiary alicyclic amines) is 1. The van der Waals surface area contributed by atoms with E-state index in [0.717, 1.165) is 17.8 Å². The number of imidazole rings is 1. The number of halogens is 1. The van der Waals surface area contributed by atoms with Crippen LogP contribution in [0.5, 0.6) is 0 Å². The minimum Gasteiger partial charge on any atom is -0.322 e. The van der Waals surface area contributed by atoms with Crippen molar-refractivity contribution in [2.75, 3.05) is 13.1 Å². The SMILES string of the molecule is CCn1c(CN2CCCCC2)cnc1Br. The van der Waals surface area contributed by atoms with Crippen molar-refractivity contribution >= 4 is 15.9 Å². The van der Waals surface area contributed by atoms with Gasteiger partial charge in [0.25, 0.3) is 0 Å². The Bertz CT molecular complexity index is 316. The van der Waals surface area contributed by atoms with E-state index in [9.17, 15) is 0 Å². The van der Waals surface area contributed by atoms with E-state index < -0.39 is 0 Å². The Morgan fingerprint density at radius 2 is 2.07 bits per heavy atom. The molecule has 0 atom stereocenters. The highest BCUT2D eigenvalue weighted by Gasteiger charge is 2.13. The largest absolute Gasteiger partial charge is 0.322 e. The monoisotopic (exact) mass is 271 g/mol. The lowest BCUT2D eigenvalue weighted by atomic mass is 10.1. The standard InChI is InChI=1S/C11H18BrN3/c1-2-15-10(8-13-11(15)12)9-14-6-4-3-5-7-14/h8H,2-7,9H2,1H3. The van der Waals surface area contributed by atoms with Crippen LogP contribution in [-0.4, -0.2) is 27.5 Å². The molecule has 1 aliphatic heterocycles. The molecule has 0 amide bonds. The summed E-state index contributed by atoms with van der Waals surface area (Å²) in [5, 5.41) is 0. The summed E-state index contributed by atoms with van der Waals surface area (Å²) in [5.74, 6) is 0. The molecule has 0 aliphatic carbocycles. The zero-order valence-corrected chi connectivity index (χ0v) is 10.8. The first-order valence-corrected chi connectivity index (χ1v) is 6.53. The van der Waals surface area contributed by atoms with Gasteiger partial charge in [-0.1, -0.05) is 6.42 Å². The molecule has 2 rings (SSSR count). The Hall–Kier alpha value is -0.350. The highest BCUT2D eigenvalue weighted by atomic mass is 79.9. The van der Waals surface area contributed by atoms with Gasteiger partial charge in [-0.05, 0) is 48.8 Å². The Labute approximate surface area is 99.6 Å². The van der Waals surface area contributed by atoms with E-state index in [2.05, 4.69) is 37.3 Å². The highest BCUT2D eigenvalue weighted by Crippen LogP contribution is 2.16. The van der Waals surface area contributed by atoms with E-state index >= 15 is 0 Å². The fourth-order valence-electron chi connectivity index (χ4n) is 2.19. The Kier molecular flexibility index (Phi) is 3.81. The summed E-state index contributed by atoms with van der Waals surface area (Å²) in [6.45, 7) is 6.68. The smallest absolute Gasteiger partial charge is 0.177 e. The second-order valence-corrected chi connectivity index (χ2v) is 4.81. The van der Waals surface area contributed by atoms with Crippen LogP contribution in [0.25, 0.3) is 0 Å². The normalized spacial score (nSPS) is 18.3. The molecule has 4 heteroatoms. The molecule has 0 N–H and O–H groups in total. The minimum atomic E-state index is 0.956. The van der Waals surface area contributed by atoms with Crippen LogP contribution in [0.4, 0.5) is 0 Å². The number of rotatable bonds is 3. The molecule has 0 saturated carbocycles. The molecule has 84 valence electrons. The van der Waals surface area contributed by atoms with Gasteiger partial charge in [0.15, 0.2) is 4.73 Å². The fraction of sp³-hybridized carbons (Fsp3) is 0.727. The number of piperidine rings is 1. The van der Waals surface area contributed by atoms with Crippen LogP contribution >= 0.6 is 15.9 Å². The fourth-order valence-corrected chi connectivity index (χ4v) is 2.77. The van der Waals surface area contributed by atoms with Gasteiger partial charge >= 0.3 is 0 Å². The number of hydrogen-bond acceptors (Lipinski definition) is 2. The molecule has 1 saturated heterocycles. The van der Waals surface area contributed by atoms with Crippen LogP contribution in [0, 0.1) is 0 Å². The van der Waals surface area contributed by atoms with Gasteiger partial charge in [-0.3, -0.25) is 4.90 Å². The van der Waals surface area contributed by atoms with Gasteiger partial charge in [0.2, 0.25) is 0 Å². The predicted octanol–water partition coefficient (Wildman–Crippen LogP) is 2.65. The minimum absolute atomic E-state index is 0.956. The maximum Gasteiger partial charge on any atom is 0.177 e. The quantitative estimate of drug-likeness (QED) is 0.843. The molecule has 0 spiro atoms. The zero-order valence-electron chi connectivity index (χ0n) is 9.25. The molecule has 0 radical (unpaired) electrons. The molecule has 2 heterocycles. The van der Waals surface area contributed by atoms with Crippen molar-refractivity contribution in [3.05, 3.63) is 16.6 Å². The van der Waals surface area contributed by atoms with E-state index in [1.54, 1.807) is 0 Å². The van der Waals surface area contributed by atoms with Crippen molar-refractivity contribution < 1.29 is 0 Å². The summed E-state index contributed by atoms with van der Waals surface area (Å²) in [6.07, 6.45) is 6.08. The first-order valence-electron chi connectivity index (χ1n) is 5.73. The summed E-state index contributed by atoms with van der Waals surface area (Å²) in [7, 11) is 0. The lowest BCUT2D eigenvalue weighted by Crippen LogP contribution is -2.30. The summed E-state index contributed by atoms with van der Waals surface area (Å²) in [6, 6.07) is 0. The Morgan fingerprint density at radius 1 is 1.33 bits per heavy atom. The van der Waals surface area contributed by atoms with Gasteiger partial charge in [0, 0.05) is 13.1 Å². The van der Waals surface area contributed by atoms with Crippen molar-refractivity contribution in [1.82, 2.24) is 14.5 Å².